The van der Waals surface area contributed by atoms with E-state index in [1.807, 2.05) is 0 Å². The maximum absolute atomic E-state index is 12.3. The van der Waals surface area contributed by atoms with Gasteiger partial charge in [0, 0.05) is 19.5 Å². The summed E-state index contributed by atoms with van der Waals surface area (Å²) in [6.07, 6.45) is 3.19. The molecule has 0 bridgehead atoms. The number of hydrogen-bond acceptors (Lipinski definition) is 10. The number of carboxylic acid groups (broad SMARTS) is 1. The van der Waals surface area contributed by atoms with Gasteiger partial charge in [0.05, 0.1) is 24.6 Å². The van der Waals surface area contributed by atoms with Crippen LogP contribution in [-0.2, 0) is 19.1 Å². The van der Waals surface area contributed by atoms with Crippen LogP contribution in [0.3, 0.4) is 0 Å². The van der Waals surface area contributed by atoms with E-state index in [2.05, 4.69) is 15.0 Å². The third-order valence-electron chi connectivity index (χ3n) is 6.23. The van der Waals surface area contributed by atoms with Crippen molar-refractivity contribution in [2.75, 3.05) is 44.4 Å². The van der Waals surface area contributed by atoms with E-state index in [0.29, 0.717) is 43.5 Å². The molecule has 6 N–H and O–H groups in total. The van der Waals surface area contributed by atoms with Gasteiger partial charge in [-0.3, -0.25) is 4.79 Å². The van der Waals surface area contributed by atoms with Gasteiger partial charge in [-0.05, 0) is 19.8 Å². The molecule has 0 aromatic carbocycles. The summed E-state index contributed by atoms with van der Waals surface area (Å²) in [6.45, 7) is 1.89. The summed E-state index contributed by atoms with van der Waals surface area (Å²) in [7, 11) is 0. The Balaban J connectivity index is 1.49. The Morgan fingerprint density at radius 2 is 2.00 bits per heavy atom. The molecule has 2 aliphatic heterocycles. The third-order valence-corrected chi connectivity index (χ3v) is 6.23. The first kappa shape index (κ1) is 22.2. The number of aromatic nitrogens is 4. The second kappa shape index (κ2) is 8.15. The number of piperidine rings is 1. The van der Waals surface area contributed by atoms with Crippen molar-refractivity contribution in [2.24, 2.45) is 0 Å². The number of nitrogen functional groups attached to an aromatic ring is 2. The summed E-state index contributed by atoms with van der Waals surface area (Å²) in [5.41, 5.74) is 10.8. The van der Waals surface area contributed by atoms with E-state index >= 15 is 0 Å². The zero-order valence-electron chi connectivity index (χ0n) is 17.7. The van der Waals surface area contributed by atoms with E-state index in [4.69, 9.17) is 26.0 Å². The summed E-state index contributed by atoms with van der Waals surface area (Å²) >= 11 is 0. The molecule has 2 aliphatic rings. The average Bonchev–Trinajstić information content (AvgIpc) is 3.14. The van der Waals surface area contributed by atoms with Crippen molar-refractivity contribution in [2.45, 2.75) is 43.4 Å². The minimum atomic E-state index is -1.19. The van der Waals surface area contributed by atoms with Crippen LogP contribution in [0.5, 0.6) is 0 Å². The summed E-state index contributed by atoms with van der Waals surface area (Å²) < 4.78 is 12.8. The fourth-order valence-corrected chi connectivity index (χ4v) is 4.44. The number of hydrogen-bond donors (Lipinski definition) is 4. The molecule has 2 saturated heterocycles. The Morgan fingerprint density at radius 3 is 2.69 bits per heavy atom. The van der Waals surface area contributed by atoms with Crippen molar-refractivity contribution < 1.29 is 29.3 Å². The Labute approximate surface area is 183 Å². The fourth-order valence-electron chi connectivity index (χ4n) is 4.44. The van der Waals surface area contributed by atoms with Crippen LogP contribution in [-0.4, -0.2) is 90.6 Å². The highest BCUT2D eigenvalue weighted by Crippen LogP contribution is 2.44. The van der Waals surface area contributed by atoms with Crippen molar-refractivity contribution in [3.8, 4) is 0 Å². The van der Waals surface area contributed by atoms with Gasteiger partial charge in [-0.2, -0.15) is 9.97 Å². The number of carbonyl (C=O) groups excluding carboxylic acids is 1. The molecule has 2 fully saturated rings. The molecule has 2 aromatic rings. The Hall–Kier alpha value is -3.03. The lowest BCUT2D eigenvalue weighted by Gasteiger charge is -2.51. The highest BCUT2D eigenvalue weighted by molar-refractivity contribution is 5.82. The second-order valence-corrected chi connectivity index (χ2v) is 8.61. The molecular weight excluding hydrogens is 422 g/mol. The number of nitrogens with two attached hydrogens (primary N) is 2. The molecule has 4 rings (SSSR count). The van der Waals surface area contributed by atoms with Gasteiger partial charge < -0.3 is 40.6 Å². The van der Waals surface area contributed by atoms with E-state index < -0.39 is 29.8 Å². The smallest absolute Gasteiger partial charge is 0.329 e. The van der Waals surface area contributed by atoms with Gasteiger partial charge in [-0.1, -0.05) is 0 Å². The lowest BCUT2D eigenvalue weighted by molar-refractivity contribution is -0.201. The van der Waals surface area contributed by atoms with Crippen LogP contribution in [0, 0.1) is 0 Å². The molecular formula is C19H27N7O6. The molecule has 0 radical (unpaired) electrons. The molecule has 13 nitrogen and oxygen atoms in total. The Morgan fingerprint density at radius 1 is 1.28 bits per heavy atom. The minimum absolute atomic E-state index is 0.0232. The first-order valence-electron chi connectivity index (χ1n) is 10.3. The summed E-state index contributed by atoms with van der Waals surface area (Å²) in [4.78, 5) is 37.0. The summed E-state index contributed by atoms with van der Waals surface area (Å²) in [5, 5.41) is 19.7. The topological polar surface area (TPSA) is 192 Å². The highest BCUT2D eigenvalue weighted by Gasteiger charge is 2.50. The zero-order valence-corrected chi connectivity index (χ0v) is 17.7. The van der Waals surface area contributed by atoms with Crippen LogP contribution >= 0.6 is 0 Å². The van der Waals surface area contributed by atoms with Crippen molar-refractivity contribution >= 4 is 34.8 Å². The SMILES string of the molecule is C[C@]1(O)COC2(CCN(C(=O)COCC(=O)O)CC2)C[C@@H]1n1cnc2c(N)nc(N)nc21. The van der Waals surface area contributed by atoms with Gasteiger partial charge in [0.15, 0.2) is 11.5 Å². The van der Waals surface area contributed by atoms with Gasteiger partial charge in [-0.15, -0.1) is 0 Å². The average molecular weight is 449 g/mol. The highest BCUT2D eigenvalue weighted by atomic mass is 16.5. The summed E-state index contributed by atoms with van der Waals surface area (Å²) in [6, 6.07) is -0.406. The van der Waals surface area contributed by atoms with Crippen LogP contribution < -0.4 is 11.5 Å². The van der Waals surface area contributed by atoms with Crippen molar-refractivity contribution in [1.82, 2.24) is 24.4 Å². The van der Waals surface area contributed by atoms with Gasteiger partial charge >= 0.3 is 5.97 Å². The monoisotopic (exact) mass is 449 g/mol. The van der Waals surface area contributed by atoms with Crippen LogP contribution in [0.15, 0.2) is 6.33 Å². The number of amides is 1. The molecule has 2 atom stereocenters. The second-order valence-electron chi connectivity index (χ2n) is 8.61. The van der Waals surface area contributed by atoms with Crippen molar-refractivity contribution in [1.29, 1.82) is 0 Å². The number of ether oxygens (including phenoxy) is 2. The van der Waals surface area contributed by atoms with Gasteiger partial charge in [0.25, 0.3) is 0 Å². The molecule has 32 heavy (non-hydrogen) atoms. The molecule has 0 unspecified atom stereocenters. The van der Waals surface area contributed by atoms with E-state index in [1.54, 1.807) is 22.7 Å². The Kier molecular flexibility index (Phi) is 5.65. The van der Waals surface area contributed by atoms with Crippen LogP contribution in [0.1, 0.15) is 32.2 Å². The standard InChI is InChI=1S/C19H27N7O6/c1-18(30)9-32-19(2-4-25(5-3-19)12(27)7-31-8-13(28)29)6-11(18)26-10-22-14-15(20)23-17(21)24-16(14)26/h10-11,30H,2-9H2,1H3,(H,28,29)(H4,20,21,23,24)/t11-,18-/m0/s1. The van der Waals surface area contributed by atoms with Crippen LogP contribution in [0.2, 0.25) is 0 Å². The number of rotatable bonds is 5. The first-order valence-corrected chi connectivity index (χ1v) is 10.3. The van der Waals surface area contributed by atoms with E-state index in [9.17, 15) is 14.7 Å². The van der Waals surface area contributed by atoms with Crippen molar-refractivity contribution in [3.05, 3.63) is 6.33 Å². The lowest BCUT2D eigenvalue weighted by atomic mass is 9.77. The molecule has 0 aliphatic carbocycles. The molecule has 13 heteroatoms. The third kappa shape index (κ3) is 4.18. The maximum atomic E-state index is 12.3. The number of likely N-dealkylation sites (tertiary alicyclic amines) is 1. The quantitative estimate of drug-likeness (QED) is 0.445. The molecule has 2 aromatic heterocycles. The fraction of sp³-hybridized carbons (Fsp3) is 0.632. The number of carbonyl (C=O) groups is 2. The summed E-state index contributed by atoms with van der Waals surface area (Å²) in [5.74, 6) is -1.19. The van der Waals surface area contributed by atoms with E-state index in [0.717, 1.165) is 0 Å². The number of nitrogens with zero attached hydrogens (tertiary/aromatic N) is 5. The molecule has 0 saturated carbocycles. The number of carboxylic acids is 1. The molecule has 1 amide bonds. The predicted molar refractivity (Wildman–Crippen MR) is 111 cm³/mol. The number of fused-ring (bicyclic) bond motifs is 1. The van der Waals surface area contributed by atoms with E-state index in [-0.39, 0.29) is 30.9 Å². The zero-order chi connectivity index (χ0) is 23.1. The minimum Gasteiger partial charge on any atom is -0.480 e. The van der Waals surface area contributed by atoms with Crippen LogP contribution in [0.4, 0.5) is 11.8 Å². The van der Waals surface area contributed by atoms with Gasteiger partial charge in [-0.25, -0.2) is 9.78 Å². The molecule has 174 valence electrons. The normalized spacial score (nSPS) is 25.3. The number of aliphatic carboxylic acids is 1. The first-order chi connectivity index (χ1) is 15.1. The van der Waals surface area contributed by atoms with Gasteiger partial charge in [0.2, 0.25) is 11.9 Å². The van der Waals surface area contributed by atoms with E-state index in [1.165, 1.54) is 0 Å². The molecule has 1 spiro atoms. The Bertz CT molecular complexity index is 1030. The number of aliphatic hydroxyl groups is 1. The van der Waals surface area contributed by atoms with Crippen molar-refractivity contribution in [3.63, 3.8) is 0 Å². The largest absolute Gasteiger partial charge is 0.480 e. The van der Waals surface area contributed by atoms with Gasteiger partial charge in [0.1, 0.15) is 24.3 Å². The number of imidazole rings is 1. The number of anilines is 2. The molecule has 4 heterocycles. The van der Waals surface area contributed by atoms with Crippen LogP contribution in [0.25, 0.3) is 11.2 Å². The lowest BCUT2D eigenvalue weighted by Crippen LogP contribution is -2.57. The predicted octanol–water partition coefficient (Wildman–Crippen LogP) is -0.834. The maximum Gasteiger partial charge on any atom is 0.329 e.